The Bertz CT molecular complexity index is 491. The van der Waals surface area contributed by atoms with Gasteiger partial charge in [-0.2, -0.15) is 0 Å². The number of benzene rings is 1. The summed E-state index contributed by atoms with van der Waals surface area (Å²) in [4.78, 5) is 25.1. The van der Waals surface area contributed by atoms with Crippen molar-refractivity contribution in [3.05, 3.63) is 35.9 Å². The first-order valence-electron chi connectivity index (χ1n) is 6.50. The van der Waals surface area contributed by atoms with Crippen LogP contribution in [0.4, 0.5) is 0 Å². The molecule has 1 aromatic carbocycles. The Hall–Kier alpha value is -1.49. The van der Waals surface area contributed by atoms with Crippen molar-refractivity contribution >= 4 is 23.6 Å². The van der Waals surface area contributed by atoms with Crippen LogP contribution in [-0.4, -0.2) is 34.0 Å². The molecule has 0 aliphatic carbocycles. The number of carbonyl (C=O) groups excluding carboxylic acids is 2. The maximum Gasteiger partial charge on any atom is 0.226 e. The number of nitrogens with one attached hydrogen (secondary N) is 1. The molecule has 19 heavy (non-hydrogen) atoms. The van der Waals surface area contributed by atoms with Gasteiger partial charge in [0, 0.05) is 6.54 Å². The fraction of sp³-hybridized carbons (Fsp3) is 0.429. The fourth-order valence-corrected chi connectivity index (χ4v) is 3.88. The van der Waals surface area contributed by atoms with E-state index in [0.29, 0.717) is 12.8 Å². The van der Waals surface area contributed by atoms with Crippen molar-refractivity contribution in [2.75, 3.05) is 6.54 Å². The van der Waals surface area contributed by atoms with E-state index in [1.54, 1.807) is 11.8 Å². The summed E-state index contributed by atoms with van der Waals surface area (Å²) in [5.41, 5.74) is 1.03. The molecular formula is C14H16N2O2S. The monoisotopic (exact) mass is 276 g/mol. The molecule has 3 rings (SSSR count). The lowest BCUT2D eigenvalue weighted by molar-refractivity contribution is -0.142. The molecule has 2 fully saturated rings. The molecule has 1 unspecified atom stereocenters. The predicted octanol–water partition coefficient (Wildman–Crippen LogP) is 1.37. The first kappa shape index (κ1) is 12.5. The number of hydrogen-bond acceptors (Lipinski definition) is 3. The number of nitrogens with zero attached hydrogens (tertiary/aromatic N) is 1. The minimum atomic E-state index is 0.0581. The largest absolute Gasteiger partial charge is 0.344 e. The molecule has 2 amide bonds. The molecule has 0 saturated carbocycles. The minimum absolute atomic E-state index is 0.0581. The van der Waals surface area contributed by atoms with E-state index in [-0.39, 0.29) is 22.6 Å². The van der Waals surface area contributed by atoms with E-state index >= 15 is 0 Å². The molecule has 1 N–H and O–H groups in total. The highest BCUT2D eigenvalue weighted by Crippen LogP contribution is 2.37. The Morgan fingerprint density at radius 2 is 2.16 bits per heavy atom. The molecule has 0 radical (unpaired) electrons. The Labute approximate surface area is 116 Å². The van der Waals surface area contributed by atoms with E-state index < -0.39 is 0 Å². The molecule has 0 bridgehead atoms. The van der Waals surface area contributed by atoms with Gasteiger partial charge in [0.1, 0.15) is 0 Å². The van der Waals surface area contributed by atoms with Gasteiger partial charge in [-0.25, -0.2) is 0 Å². The maximum atomic E-state index is 11.9. The van der Waals surface area contributed by atoms with Gasteiger partial charge in [-0.1, -0.05) is 30.3 Å². The second-order valence-corrected chi connectivity index (χ2v) is 6.27. The zero-order valence-electron chi connectivity index (χ0n) is 10.5. The second-order valence-electron chi connectivity index (χ2n) is 4.89. The molecule has 2 aliphatic heterocycles. The van der Waals surface area contributed by atoms with Gasteiger partial charge in [-0.05, 0) is 12.0 Å². The van der Waals surface area contributed by atoms with Gasteiger partial charge in [0.05, 0.1) is 23.6 Å². The van der Waals surface area contributed by atoms with Gasteiger partial charge in [0.2, 0.25) is 11.8 Å². The molecule has 0 aromatic heterocycles. The molecule has 0 spiro atoms. The van der Waals surface area contributed by atoms with Crippen LogP contribution in [0.1, 0.15) is 18.4 Å². The summed E-state index contributed by atoms with van der Waals surface area (Å²) in [5, 5.41) is 3.48. The Kier molecular flexibility index (Phi) is 3.46. The SMILES string of the molecule is O=C(Cc1ccccc1)NC1CCN2C(=O)C[C@H]2S1. The van der Waals surface area contributed by atoms with Crippen LogP contribution in [0.2, 0.25) is 0 Å². The van der Waals surface area contributed by atoms with E-state index in [9.17, 15) is 9.59 Å². The van der Waals surface area contributed by atoms with Crippen molar-refractivity contribution < 1.29 is 9.59 Å². The molecule has 2 heterocycles. The van der Waals surface area contributed by atoms with Crippen molar-refractivity contribution in [3.63, 3.8) is 0 Å². The minimum Gasteiger partial charge on any atom is -0.344 e. The summed E-state index contributed by atoms with van der Waals surface area (Å²) in [5.74, 6) is 0.300. The van der Waals surface area contributed by atoms with Crippen molar-refractivity contribution in [1.29, 1.82) is 0 Å². The topological polar surface area (TPSA) is 49.4 Å². The van der Waals surface area contributed by atoms with Gasteiger partial charge >= 0.3 is 0 Å². The van der Waals surface area contributed by atoms with E-state index in [1.165, 1.54) is 0 Å². The maximum absolute atomic E-state index is 11.9. The van der Waals surface area contributed by atoms with E-state index in [4.69, 9.17) is 0 Å². The number of thioether (sulfide) groups is 1. The van der Waals surface area contributed by atoms with Crippen molar-refractivity contribution in [1.82, 2.24) is 10.2 Å². The molecule has 100 valence electrons. The van der Waals surface area contributed by atoms with Crippen LogP contribution in [0.5, 0.6) is 0 Å². The number of amides is 2. The van der Waals surface area contributed by atoms with Gasteiger partial charge in [0.25, 0.3) is 0 Å². The first-order chi connectivity index (χ1) is 9.22. The summed E-state index contributed by atoms with van der Waals surface area (Å²) in [6, 6.07) is 9.74. The molecular weight excluding hydrogens is 260 g/mol. The van der Waals surface area contributed by atoms with Crippen LogP contribution in [0.15, 0.2) is 30.3 Å². The van der Waals surface area contributed by atoms with Crippen LogP contribution in [0.25, 0.3) is 0 Å². The lowest BCUT2D eigenvalue weighted by atomic mass is 10.1. The van der Waals surface area contributed by atoms with Crippen molar-refractivity contribution in [2.24, 2.45) is 0 Å². The Balaban J connectivity index is 1.49. The highest BCUT2D eigenvalue weighted by molar-refractivity contribution is 8.00. The molecule has 5 heteroatoms. The van der Waals surface area contributed by atoms with Gasteiger partial charge < -0.3 is 10.2 Å². The summed E-state index contributed by atoms with van der Waals surface area (Å²) in [7, 11) is 0. The van der Waals surface area contributed by atoms with Gasteiger partial charge in [0.15, 0.2) is 0 Å². The van der Waals surface area contributed by atoms with Crippen molar-refractivity contribution in [2.45, 2.75) is 30.0 Å². The standard InChI is InChI=1S/C14H16N2O2S/c17-11(8-10-4-2-1-3-5-10)15-12-6-7-16-13(18)9-14(16)19-12/h1-5,12,14H,6-9H2,(H,15,17)/t12?,14-/m1/s1. The Morgan fingerprint density at radius 3 is 2.84 bits per heavy atom. The second kappa shape index (κ2) is 5.25. The molecule has 2 saturated heterocycles. The fourth-order valence-electron chi connectivity index (χ4n) is 2.45. The Morgan fingerprint density at radius 1 is 1.37 bits per heavy atom. The summed E-state index contributed by atoms with van der Waals surface area (Å²) in [6.07, 6.45) is 1.88. The van der Waals surface area contributed by atoms with Crippen LogP contribution in [-0.2, 0) is 16.0 Å². The number of hydrogen-bond donors (Lipinski definition) is 1. The number of fused-ring (bicyclic) bond motifs is 1. The molecule has 2 atom stereocenters. The lowest BCUT2D eigenvalue weighted by Gasteiger charge is -2.45. The number of carbonyl (C=O) groups is 2. The highest BCUT2D eigenvalue weighted by Gasteiger charge is 2.41. The van der Waals surface area contributed by atoms with Gasteiger partial charge in [-0.3, -0.25) is 9.59 Å². The highest BCUT2D eigenvalue weighted by atomic mass is 32.2. The van der Waals surface area contributed by atoms with Gasteiger partial charge in [-0.15, -0.1) is 11.8 Å². The zero-order valence-corrected chi connectivity index (χ0v) is 11.4. The summed E-state index contributed by atoms with van der Waals surface area (Å²) < 4.78 is 0. The smallest absolute Gasteiger partial charge is 0.226 e. The lowest BCUT2D eigenvalue weighted by Crippen LogP contribution is -2.57. The van der Waals surface area contributed by atoms with Crippen molar-refractivity contribution in [3.8, 4) is 0 Å². The van der Waals surface area contributed by atoms with E-state index in [2.05, 4.69) is 5.32 Å². The first-order valence-corrected chi connectivity index (χ1v) is 7.45. The molecule has 4 nitrogen and oxygen atoms in total. The van der Waals surface area contributed by atoms with Crippen LogP contribution >= 0.6 is 11.8 Å². The van der Waals surface area contributed by atoms with Crippen LogP contribution in [0.3, 0.4) is 0 Å². The number of β-lactam (4-membered cyclic amide) rings is 1. The molecule has 2 aliphatic rings. The van der Waals surface area contributed by atoms with Crippen LogP contribution in [0, 0.1) is 0 Å². The van der Waals surface area contributed by atoms with Crippen LogP contribution < -0.4 is 5.32 Å². The predicted molar refractivity (Wildman–Crippen MR) is 74.4 cm³/mol. The number of rotatable bonds is 3. The average Bonchev–Trinajstić information content (AvgIpc) is 2.38. The average molecular weight is 276 g/mol. The zero-order chi connectivity index (χ0) is 13.2. The van der Waals surface area contributed by atoms with E-state index in [1.807, 2.05) is 35.2 Å². The summed E-state index contributed by atoms with van der Waals surface area (Å²) >= 11 is 1.70. The molecule has 1 aromatic rings. The third kappa shape index (κ3) is 2.76. The summed E-state index contributed by atoms with van der Waals surface area (Å²) in [6.45, 7) is 0.771. The quantitative estimate of drug-likeness (QED) is 0.848. The normalized spacial score (nSPS) is 25.5. The third-order valence-electron chi connectivity index (χ3n) is 3.50. The third-order valence-corrected chi connectivity index (χ3v) is 4.92. The van der Waals surface area contributed by atoms with E-state index in [0.717, 1.165) is 18.5 Å².